The summed E-state index contributed by atoms with van der Waals surface area (Å²) in [6.07, 6.45) is 0.903. The van der Waals surface area contributed by atoms with Crippen LogP contribution in [0, 0.1) is 5.82 Å². The van der Waals surface area contributed by atoms with E-state index in [1.807, 2.05) is 4.90 Å². The molecule has 0 saturated carbocycles. The Labute approximate surface area is 118 Å². The second-order valence-corrected chi connectivity index (χ2v) is 5.48. The minimum atomic E-state index is -0.236. The van der Waals surface area contributed by atoms with Gasteiger partial charge in [0.05, 0.1) is 6.04 Å². The molecule has 2 fully saturated rings. The molecule has 2 heterocycles. The van der Waals surface area contributed by atoms with Gasteiger partial charge in [-0.05, 0) is 24.1 Å². The first-order chi connectivity index (χ1) is 9.74. The number of piperazine rings is 1. The summed E-state index contributed by atoms with van der Waals surface area (Å²) in [5.74, 6) is -0.0172. The van der Waals surface area contributed by atoms with E-state index < -0.39 is 0 Å². The fourth-order valence-corrected chi connectivity index (χ4v) is 3.02. The van der Waals surface area contributed by atoms with Crippen molar-refractivity contribution < 1.29 is 9.18 Å². The number of benzene rings is 1. The van der Waals surface area contributed by atoms with Gasteiger partial charge in [-0.25, -0.2) is 4.39 Å². The fourth-order valence-electron chi connectivity index (χ4n) is 3.02. The lowest BCUT2D eigenvalue weighted by Crippen LogP contribution is -2.51. The van der Waals surface area contributed by atoms with Crippen molar-refractivity contribution in [3.8, 4) is 0 Å². The Balaban J connectivity index is 1.61. The molecule has 0 spiro atoms. The van der Waals surface area contributed by atoms with Gasteiger partial charge in [0, 0.05) is 39.3 Å². The highest BCUT2D eigenvalue weighted by atomic mass is 19.1. The fraction of sp³-hybridized carbons (Fsp3) is 0.533. The van der Waals surface area contributed by atoms with Crippen molar-refractivity contribution in [3.05, 3.63) is 35.6 Å². The third-order valence-corrected chi connectivity index (χ3v) is 4.15. The summed E-state index contributed by atoms with van der Waals surface area (Å²) in [5, 5.41) is 3.31. The lowest BCUT2D eigenvalue weighted by Gasteiger charge is -2.31. The Hall–Kier alpha value is -1.46. The van der Waals surface area contributed by atoms with Crippen molar-refractivity contribution in [1.82, 2.24) is 15.1 Å². The standard InChI is InChI=1S/C15H20FN3O/c16-13-3-1-12(2-4-13)11-19-8-5-14(15(19)20)18-9-6-17-7-10-18/h1-4,14,17H,5-11H2. The number of carbonyl (C=O) groups excluding carboxylic acids is 1. The number of likely N-dealkylation sites (tertiary alicyclic amines) is 1. The van der Waals surface area contributed by atoms with E-state index in [0.717, 1.165) is 44.7 Å². The summed E-state index contributed by atoms with van der Waals surface area (Å²) in [4.78, 5) is 16.6. The second-order valence-electron chi connectivity index (χ2n) is 5.48. The van der Waals surface area contributed by atoms with Gasteiger partial charge in [0.15, 0.2) is 0 Å². The van der Waals surface area contributed by atoms with Crippen LogP contribution in [-0.2, 0) is 11.3 Å². The van der Waals surface area contributed by atoms with Crippen molar-refractivity contribution in [2.45, 2.75) is 19.0 Å². The molecule has 1 unspecified atom stereocenters. The maximum Gasteiger partial charge on any atom is 0.240 e. The van der Waals surface area contributed by atoms with Crippen LogP contribution >= 0.6 is 0 Å². The predicted molar refractivity (Wildman–Crippen MR) is 74.7 cm³/mol. The molecular formula is C15H20FN3O. The normalized spacial score (nSPS) is 24.4. The maximum atomic E-state index is 12.9. The minimum absolute atomic E-state index is 0.0394. The molecule has 5 heteroatoms. The maximum absolute atomic E-state index is 12.9. The van der Waals surface area contributed by atoms with E-state index in [-0.39, 0.29) is 17.8 Å². The molecule has 2 saturated heterocycles. The zero-order valence-electron chi connectivity index (χ0n) is 11.5. The first kappa shape index (κ1) is 13.5. The summed E-state index contributed by atoms with van der Waals surface area (Å²) in [7, 11) is 0. The predicted octanol–water partition coefficient (Wildman–Crippen LogP) is 0.832. The van der Waals surface area contributed by atoms with Crippen LogP contribution in [0.2, 0.25) is 0 Å². The van der Waals surface area contributed by atoms with Gasteiger partial charge in [-0.2, -0.15) is 0 Å². The quantitative estimate of drug-likeness (QED) is 0.889. The van der Waals surface area contributed by atoms with Gasteiger partial charge in [0.25, 0.3) is 0 Å². The van der Waals surface area contributed by atoms with E-state index >= 15 is 0 Å². The van der Waals surface area contributed by atoms with Crippen LogP contribution in [0.15, 0.2) is 24.3 Å². The third-order valence-electron chi connectivity index (χ3n) is 4.15. The first-order valence-corrected chi connectivity index (χ1v) is 7.22. The van der Waals surface area contributed by atoms with Gasteiger partial charge in [0.2, 0.25) is 5.91 Å². The lowest BCUT2D eigenvalue weighted by atomic mass is 10.2. The van der Waals surface area contributed by atoms with E-state index in [1.165, 1.54) is 12.1 Å². The molecule has 0 aromatic heterocycles. The molecule has 1 aromatic rings. The Bertz CT molecular complexity index is 471. The molecule has 3 rings (SSSR count). The number of hydrogen-bond donors (Lipinski definition) is 1. The summed E-state index contributed by atoms with van der Waals surface area (Å²) in [5.41, 5.74) is 0.987. The number of amides is 1. The first-order valence-electron chi connectivity index (χ1n) is 7.22. The average Bonchev–Trinajstić information content (AvgIpc) is 2.84. The molecule has 1 aromatic carbocycles. The Morgan fingerprint density at radius 1 is 1.15 bits per heavy atom. The molecule has 20 heavy (non-hydrogen) atoms. The van der Waals surface area contributed by atoms with Crippen LogP contribution in [-0.4, -0.2) is 54.5 Å². The van der Waals surface area contributed by atoms with Gasteiger partial charge in [-0.15, -0.1) is 0 Å². The van der Waals surface area contributed by atoms with Crippen LogP contribution in [0.1, 0.15) is 12.0 Å². The minimum Gasteiger partial charge on any atom is -0.337 e. The van der Waals surface area contributed by atoms with Crippen LogP contribution in [0.25, 0.3) is 0 Å². The zero-order valence-corrected chi connectivity index (χ0v) is 11.5. The molecule has 2 aliphatic rings. The highest BCUT2D eigenvalue weighted by molar-refractivity contribution is 5.84. The Kier molecular flexibility index (Phi) is 3.98. The number of rotatable bonds is 3. The number of halogens is 1. The van der Waals surface area contributed by atoms with Gasteiger partial charge in [0.1, 0.15) is 5.82 Å². The number of hydrogen-bond acceptors (Lipinski definition) is 3. The summed E-state index contributed by atoms with van der Waals surface area (Å²) in [6.45, 7) is 5.19. The summed E-state index contributed by atoms with van der Waals surface area (Å²) in [6, 6.07) is 6.44. The molecular weight excluding hydrogens is 257 g/mol. The molecule has 0 bridgehead atoms. The van der Waals surface area contributed by atoms with E-state index in [1.54, 1.807) is 12.1 Å². The molecule has 0 radical (unpaired) electrons. The number of carbonyl (C=O) groups is 1. The van der Waals surface area contributed by atoms with Gasteiger partial charge in [-0.1, -0.05) is 12.1 Å². The van der Waals surface area contributed by atoms with E-state index in [0.29, 0.717) is 6.54 Å². The molecule has 1 N–H and O–H groups in total. The van der Waals surface area contributed by atoms with E-state index in [4.69, 9.17) is 0 Å². The van der Waals surface area contributed by atoms with Gasteiger partial charge in [-0.3, -0.25) is 9.69 Å². The number of nitrogens with one attached hydrogen (secondary N) is 1. The average molecular weight is 277 g/mol. The van der Waals surface area contributed by atoms with Crippen molar-refractivity contribution in [2.24, 2.45) is 0 Å². The third kappa shape index (κ3) is 2.83. The van der Waals surface area contributed by atoms with E-state index in [9.17, 15) is 9.18 Å². The van der Waals surface area contributed by atoms with Gasteiger partial charge < -0.3 is 10.2 Å². The van der Waals surface area contributed by atoms with E-state index in [2.05, 4.69) is 10.2 Å². The number of nitrogens with zero attached hydrogens (tertiary/aromatic N) is 2. The molecule has 108 valence electrons. The molecule has 1 atom stereocenters. The Morgan fingerprint density at radius 2 is 1.85 bits per heavy atom. The second kappa shape index (κ2) is 5.89. The van der Waals surface area contributed by atoms with Crippen molar-refractivity contribution in [2.75, 3.05) is 32.7 Å². The largest absolute Gasteiger partial charge is 0.337 e. The van der Waals surface area contributed by atoms with Crippen LogP contribution < -0.4 is 5.32 Å². The monoisotopic (exact) mass is 277 g/mol. The SMILES string of the molecule is O=C1C(N2CCNCC2)CCN1Cc1ccc(F)cc1. The summed E-state index contributed by atoms with van der Waals surface area (Å²) < 4.78 is 12.9. The van der Waals surface area contributed by atoms with Crippen molar-refractivity contribution in [1.29, 1.82) is 0 Å². The van der Waals surface area contributed by atoms with Crippen molar-refractivity contribution in [3.63, 3.8) is 0 Å². The molecule has 0 aliphatic carbocycles. The zero-order chi connectivity index (χ0) is 13.9. The van der Waals surface area contributed by atoms with Crippen LogP contribution in [0.5, 0.6) is 0 Å². The molecule has 4 nitrogen and oxygen atoms in total. The molecule has 1 amide bonds. The van der Waals surface area contributed by atoms with Crippen LogP contribution in [0.4, 0.5) is 4.39 Å². The smallest absolute Gasteiger partial charge is 0.240 e. The van der Waals surface area contributed by atoms with Gasteiger partial charge >= 0.3 is 0 Å². The topological polar surface area (TPSA) is 35.6 Å². The van der Waals surface area contributed by atoms with Crippen molar-refractivity contribution >= 4 is 5.91 Å². The highest BCUT2D eigenvalue weighted by Gasteiger charge is 2.35. The summed E-state index contributed by atoms with van der Waals surface area (Å²) >= 11 is 0. The Morgan fingerprint density at radius 3 is 2.55 bits per heavy atom. The lowest BCUT2D eigenvalue weighted by molar-refractivity contribution is -0.132. The van der Waals surface area contributed by atoms with Crippen LogP contribution in [0.3, 0.4) is 0 Å². The molecule has 2 aliphatic heterocycles. The highest BCUT2D eigenvalue weighted by Crippen LogP contribution is 2.20.